The van der Waals surface area contributed by atoms with E-state index in [1.165, 1.54) is 5.71 Å². The maximum absolute atomic E-state index is 4.70. The van der Waals surface area contributed by atoms with E-state index in [0.717, 1.165) is 26.1 Å². The Morgan fingerprint density at radius 1 is 1.40 bits per heavy atom. The molecule has 3 heteroatoms. The van der Waals surface area contributed by atoms with Crippen LogP contribution in [0.15, 0.2) is 4.99 Å². The van der Waals surface area contributed by atoms with Crippen molar-refractivity contribution in [1.29, 1.82) is 0 Å². The van der Waals surface area contributed by atoms with E-state index in [1.807, 2.05) is 0 Å². The second-order valence-corrected chi connectivity index (χ2v) is 5.90. The Labute approximate surface area is 92.9 Å². The van der Waals surface area contributed by atoms with Crippen LogP contribution in [0.3, 0.4) is 0 Å². The van der Waals surface area contributed by atoms with Gasteiger partial charge in [0.25, 0.3) is 0 Å². The van der Waals surface area contributed by atoms with Gasteiger partial charge in [0.2, 0.25) is 0 Å². The quantitative estimate of drug-likeness (QED) is 0.648. The summed E-state index contributed by atoms with van der Waals surface area (Å²) in [4.78, 5) is 7.13. The summed E-state index contributed by atoms with van der Waals surface area (Å²) in [7, 11) is 2.21. The Morgan fingerprint density at radius 2 is 2.13 bits per heavy atom. The molecule has 1 N–H and O–H groups in total. The lowest BCUT2D eigenvalue weighted by molar-refractivity contribution is 0.207. The van der Waals surface area contributed by atoms with E-state index >= 15 is 0 Å². The summed E-state index contributed by atoms with van der Waals surface area (Å²) in [6, 6.07) is 1.14. The van der Waals surface area contributed by atoms with Gasteiger partial charge in [-0.05, 0) is 12.5 Å². The third-order valence-electron chi connectivity index (χ3n) is 3.70. The lowest BCUT2D eigenvalue weighted by Crippen LogP contribution is -2.59. The van der Waals surface area contributed by atoms with Crippen LogP contribution in [0.5, 0.6) is 0 Å². The van der Waals surface area contributed by atoms with Gasteiger partial charge in [-0.3, -0.25) is 9.89 Å². The van der Waals surface area contributed by atoms with Gasteiger partial charge in [-0.25, -0.2) is 0 Å². The van der Waals surface area contributed by atoms with Gasteiger partial charge >= 0.3 is 0 Å². The number of aliphatic imine (C=N–C) groups is 1. The van der Waals surface area contributed by atoms with Crippen LogP contribution in [0, 0.1) is 5.41 Å². The van der Waals surface area contributed by atoms with Crippen molar-refractivity contribution in [2.24, 2.45) is 10.4 Å². The van der Waals surface area contributed by atoms with Crippen molar-refractivity contribution in [3.05, 3.63) is 0 Å². The van der Waals surface area contributed by atoms with Crippen molar-refractivity contribution >= 4 is 5.71 Å². The van der Waals surface area contributed by atoms with Gasteiger partial charge in [0.15, 0.2) is 0 Å². The highest BCUT2D eigenvalue weighted by Gasteiger charge is 2.35. The Balaban J connectivity index is 2.09. The normalized spacial score (nSPS) is 33.5. The fraction of sp³-hybridized carbons (Fsp3) is 0.917. The maximum Gasteiger partial charge on any atom is 0.0601 e. The van der Waals surface area contributed by atoms with Gasteiger partial charge in [-0.2, -0.15) is 0 Å². The zero-order chi connectivity index (χ0) is 11.1. The van der Waals surface area contributed by atoms with Crippen molar-refractivity contribution in [2.45, 2.75) is 39.3 Å². The predicted octanol–water partition coefficient (Wildman–Crippen LogP) is 1.15. The largest absolute Gasteiger partial charge is 0.311 e. The van der Waals surface area contributed by atoms with Gasteiger partial charge in [-0.15, -0.1) is 0 Å². The highest BCUT2D eigenvalue weighted by molar-refractivity contribution is 5.91. The molecule has 0 bridgehead atoms. The first kappa shape index (κ1) is 11.1. The Hall–Kier alpha value is -0.410. The van der Waals surface area contributed by atoms with Crippen LogP contribution >= 0.6 is 0 Å². The number of piperidine rings is 1. The molecule has 1 fully saturated rings. The molecule has 86 valence electrons. The second-order valence-electron chi connectivity index (χ2n) is 5.90. The molecular formula is C12H23N3. The zero-order valence-electron chi connectivity index (χ0n) is 10.4. The molecule has 0 aromatic rings. The van der Waals surface area contributed by atoms with Gasteiger partial charge in [-0.1, -0.05) is 20.8 Å². The highest BCUT2D eigenvalue weighted by atomic mass is 15.2. The topological polar surface area (TPSA) is 27.6 Å². The van der Waals surface area contributed by atoms with Gasteiger partial charge in [0, 0.05) is 31.3 Å². The van der Waals surface area contributed by atoms with Crippen molar-refractivity contribution < 1.29 is 0 Å². The summed E-state index contributed by atoms with van der Waals surface area (Å²) in [5, 5.41) is 3.67. The molecule has 0 saturated carbocycles. The van der Waals surface area contributed by atoms with Crippen LogP contribution in [-0.2, 0) is 0 Å². The Kier molecular flexibility index (Phi) is 2.86. The number of likely N-dealkylation sites (N-methyl/N-ethyl adjacent to an activating group) is 1. The van der Waals surface area contributed by atoms with E-state index in [-0.39, 0.29) is 0 Å². The predicted molar refractivity (Wildman–Crippen MR) is 64.6 cm³/mol. The number of rotatable bonds is 0. The summed E-state index contributed by atoms with van der Waals surface area (Å²) in [5.41, 5.74) is 1.76. The van der Waals surface area contributed by atoms with Crippen molar-refractivity contribution in [3.8, 4) is 0 Å². The first-order valence-electron chi connectivity index (χ1n) is 5.95. The average Bonchev–Trinajstić information content (AvgIpc) is 2.16. The standard InChI is InChI=1S/C12H23N3/c1-12(2,3)11-7-9-10(8-14-11)15(4)6-5-13-9/h10-11,14H,5-8H2,1-4H3. The van der Waals surface area contributed by atoms with Crippen LogP contribution in [0.4, 0.5) is 0 Å². The lowest BCUT2D eigenvalue weighted by atomic mass is 9.80. The van der Waals surface area contributed by atoms with Gasteiger partial charge in [0.05, 0.1) is 12.6 Å². The highest BCUT2D eigenvalue weighted by Crippen LogP contribution is 2.26. The van der Waals surface area contributed by atoms with E-state index in [9.17, 15) is 0 Å². The molecule has 2 rings (SSSR count). The molecule has 0 aromatic heterocycles. The summed E-state index contributed by atoms with van der Waals surface area (Å²) in [6.07, 6.45) is 1.12. The second kappa shape index (κ2) is 3.87. The minimum absolute atomic E-state index is 0.337. The molecule has 2 atom stereocenters. The molecule has 0 radical (unpaired) electrons. The summed E-state index contributed by atoms with van der Waals surface area (Å²) in [5.74, 6) is 0. The summed E-state index contributed by atoms with van der Waals surface area (Å²) < 4.78 is 0. The van der Waals surface area contributed by atoms with Gasteiger partial charge < -0.3 is 5.32 Å². The maximum atomic E-state index is 4.70. The van der Waals surface area contributed by atoms with E-state index in [4.69, 9.17) is 4.99 Å². The molecule has 0 aromatic carbocycles. The average molecular weight is 209 g/mol. The van der Waals surface area contributed by atoms with E-state index < -0.39 is 0 Å². The first-order valence-corrected chi connectivity index (χ1v) is 5.95. The van der Waals surface area contributed by atoms with Crippen molar-refractivity contribution in [3.63, 3.8) is 0 Å². The van der Waals surface area contributed by atoms with Crippen molar-refractivity contribution in [2.75, 3.05) is 26.7 Å². The zero-order valence-corrected chi connectivity index (χ0v) is 10.4. The third kappa shape index (κ3) is 2.23. The minimum Gasteiger partial charge on any atom is -0.311 e. The monoisotopic (exact) mass is 209 g/mol. The number of hydrogen-bond acceptors (Lipinski definition) is 3. The fourth-order valence-corrected chi connectivity index (χ4v) is 2.49. The number of nitrogens with zero attached hydrogens (tertiary/aromatic N) is 2. The molecule has 2 unspecified atom stereocenters. The van der Waals surface area contributed by atoms with Crippen LogP contribution in [0.1, 0.15) is 27.2 Å². The van der Waals surface area contributed by atoms with Crippen LogP contribution in [-0.4, -0.2) is 49.4 Å². The SMILES string of the molecule is CN1CCN=C2CC(C(C)(C)C)NCC21. The molecular weight excluding hydrogens is 186 g/mol. The molecule has 2 heterocycles. The first-order chi connectivity index (χ1) is 6.98. The van der Waals surface area contributed by atoms with Crippen LogP contribution in [0.25, 0.3) is 0 Å². The molecule has 1 saturated heterocycles. The Bertz CT molecular complexity index is 265. The Morgan fingerprint density at radius 3 is 2.80 bits per heavy atom. The fourth-order valence-electron chi connectivity index (χ4n) is 2.49. The molecule has 0 aliphatic carbocycles. The summed E-state index contributed by atoms with van der Waals surface area (Å²) >= 11 is 0. The van der Waals surface area contributed by atoms with Crippen molar-refractivity contribution in [1.82, 2.24) is 10.2 Å². The number of nitrogens with one attached hydrogen (secondary N) is 1. The molecule has 3 nitrogen and oxygen atoms in total. The molecule has 2 aliphatic rings. The summed E-state index contributed by atoms with van der Waals surface area (Å²) in [6.45, 7) is 10.1. The number of hydrogen-bond donors (Lipinski definition) is 1. The van der Waals surface area contributed by atoms with Gasteiger partial charge in [0.1, 0.15) is 0 Å². The minimum atomic E-state index is 0.337. The molecule has 0 amide bonds. The third-order valence-corrected chi connectivity index (χ3v) is 3.70. The van der Waals surface area contributed by atoms with Crippen LogP contribution < -0.4 is 5.32 Å². The van der Waals surface area contributed by atoms with E-state index in [1.54, 1.807) is 0 Å². The number of fused-ring (bicyclic) bond motifs is 1. The molecule has 2 aliphatic heterocycles. The smallest absolute Gasteiger partial charge is 0.0601 e. The molecule has 15 heavy (non-hydrogen) atoms. The van der Waals surface area contributed by atoms with Crippen LogP contribution in [0.2, 0.25) is 0 Å². The lowest BCUT2D eigenvalue weighted by Gasteiger charge is -2.43. The van der Waals surface area contributed by atoms with E-state index in [2.05, 4.69) is 38.0 Å². The molecule has 0 spiro atoms. The van der Waals surface area contributed by atoms with E-state index in [0.29, 0.717) is 17.5 Å².